The van der Waals surface area contributed by atoms with E-state index in [9.17, 15) is 9.59 Å². The summed E-state index contributed by atoms with van der Waals surface area (Å²) in [5, 5.41) is 13.5. The molecule has 23 heavy (non-hydrogen) atoms. The molecule has 2 amide bonds. The second kappa shape index (κ2) is 8.14. The maximum absolute atomic E-state index is 12.3. The summed E-state index contributed by atoms with van der Waals surface area (Å²) in [5.74, 6) is 0.482. The summed E-state index contributed by atoms with van der Waals surface area (Å²) in [5.41, 5.74) is 1.42. The monoisotopic (exact) mass is 320 g/mol. The number of hydrogen-bond donors (Lipinski definition) is 3. The lowest BCUT2D eigenvalue weighted by Gasteiger charge is -2.09. The number of aromatic nitrogens is 2. The van der Waals surface area contributed by atoms with Crippen LogP contribution in [0, 0.1) is 0 Å². The van der Waals surface area contributed by atoms with E-state index in [0.717, 1.165) is 6.42 Å². The zero-order valence-corrected chi connectivity index (χ0v) is 12.9. The van der Waals surface area contributed by atoms with Crippen LogP contribution in [0.4, 0.5) is 9.59 Å². The van der Waals surface area contributed by atoms with E-state index in [4.69, 9.17) is 9.84 Å². The Labute approximate surface area is 133 Å². The predicted molar refractivity (Wildman–Crippen MR) is 84.5 cm³/mol. The summed E-state index contributed by atoms with van der Waals surface area (Å²) in [4.78, 5) is 27.1. The minimum absolute atomic E-state index is 0.121. The topological polar surface area (TPSA) is 105 Å². The predicted octanol–water partition coefficient (Wildman–Crippen LogP) is 1.79. The van der Waals surface area contributed by atoms with E-state index in [1.807, 2.05) is 31.2 Å². The third-order valence-electron chi connectivity index (χ3n) is 3.11. The maximum atomic E-state index is 12.3. The molecule has 0 saturated carbocycles. The van der Waals surface area contributed by atoms with Crippen LogP contribution in [0.25, 0.3) is 11.0 Å². The largest absolute Gasteiger partial charge is 0.465 e. The highest BCUT2D eigenvalue weighted by molar-refractivity contribution is 5.90. The number of amides is 2. The number of carbonyl (C=O) groups is 2. The van der Waals surface area contributed by atoms with E-state index in [-0.39, 0.29) is 25.8 Å². The van der Waals surface area contributed by atoms with Crippen molar-refractivity contribution >= 4 is 23.2 Å². The molecule has 0 spiro atoms. The lowest BCUT2D eigenvalue weighted by Crippen LogP contribution is -2.30. The molecule has 1 aromatic carbocycles. The van der Waals surface area contributed by atoms with Crippen LogP contribution in [0.1, 0.15) is 19.2 Å². The summed E-state index contributed by atoms with van der Waals surface area (Å²) in [7, 11) is 0. The summed E-state index contributed by atoms with van der Waals surface area (Å²) in [6, 6.07) is 7.10. The Morgan fingerprint density at radius 2 is 2.04 bits per heavy atom. The fourth-order valence-electron chi connectivity index (χ4n) is 2.10. The number of fused-ring (bicyclic) bond motifs is 1. The molecule has 0 radical (unpaired) electrons. The van der Waals surface area contributed by atoms with Crippen molar-refractivity contribution < 1.29 is 19.4 Å². The Balaban J connectivity index is 2.11. The summed E-state index contributed by atoms with van der Waals surface area (Å²) < 4.78 is 6.90. The number of ether oxygens (including phenoxy) is 1. The lowest BCUT2D eigenvalue weighted by molar-refractivity contribution is 0.114. The molecule has 1 aromatic heterocycles. The van der Waals surface area contributed by atoms with E-state index in [0.29, 0.717) is 23.4 Å². The normalized spacial score (nSPS) is 10.7. The van der Waals surface area contributed by atoms with Crippen LogP contribution < -0.4 is 10.6 Å². The number of rotatable bonds is 7. The molecule has 0 saturated heterocycles. The van der Waals surface area contributed by atoms with Crippen LogP contribution >= 0.6 is 0 Å². The SMILES string of the molecule is CCCNC(=O)n1c(COCCNC(=O)O)nc2ccccc21. The number of benzene rings is 1. The van der Waals surface area contributed by atoms with Gasteiger partial charge in [0.25, 0.3) is 0 Å². The minimum Gasteiger partial charge on any atom is -0.465 e. The number of carboxylic acid groups (broad SMARTS) is 1. The standard InChI is InChI=1S/C15H20N4O4/c1-2-7-16-14(20)19-12-6-4-3-5-11(12)18-13(19)10-23-9-8-17-15(21)22/h3-6,17H,2,7-10H2,1H3,(H,16,20)(H,21,22). The van der Waals surface area contributed by atoms with Crippen molar-refractivity contribution in [2.75, 3.05) is 19.7 Å². The van der Waals surface area contributed by atoms with Crippen molar-refractivity contribution in [1.29, 1.82) is 0 Å². The first-order valence-corrected chi connectivity index (χ1v) is 7.42. The Kier molecular flexibility index (Phi) is 5.93. The average Bonchev–Trinajstić information content (AvgIpc) is 2.90. The van der Waals surface area contributed by atoms with Gasteiger partial charge in [0.2, 0.25) is 0 Å². The Morgan fingerprint density at radius 1 is 1.26 bits per heavy atom. The minimum atomic E-state index is -1.10. The highest BCUT2D eigenvalue weighted by Crippen LogP contribution is 2.16. The van der Waals surface area contributed by atoms with Gasteiger partial charge in [0.1, 0.15) is 12.4 Å². The molecule has 8 heteroatoms. The van der Waals surface area contributed by atoms with E-state index in [1.54, 1.807) is 0 Å². The third kappa shape index (κ3) is 4.43. The molecule has 0 aliphatic heterocycles. The molecule has 0 aliphatic carbocycles. The Bertz CT molecular complexity index is 683. The van der Waals surface area contributed by atoms with Crippen molar-refractivity contribution in [3.05, 3.63) is 30.1 Å². The number of nitrogens with zero attached hydrogens (tertiary/aromatic N) is 2. The van der Waals surface area contributed by atoms with E-state index >= 15 is 0 Å². The fourth-order valence-corrected chi connectivity index (χ4v) is 2.10. The molecule has 8 nitrogen and oxygen atoms in total. The molecule has 124 valence electrons. The first-order chi connectivity index (χ1) is 11.1. The van der Waals surface area contributed by atoms with Gasteiger partial charge in [-0.05, 0) is 18.6 Å². The van der Waals surface area contributed by atoms with Crippen LogP contribution in [0.15, 0.2) is 24.3 Å². The second-order valence-electron chi connectivity index (χ2n) is 4.87. The highest BCUT2D eigenvalue weighted by Gasteiger charge is 2.16. The maximum Gasteiger partial charge on any atom is 0.404 e. The number of carbonyl (C=O) groups excluding carboxylic acids is 1. The zero-order chi connectivity index (χ0) is 16.7. The molecule has 3 N–H and O–H groups in total. The summed E-state index contributed by atoms with van der Waals surface area (Å²) in [6.07, 6.45) is -0.259. The molecule has 2 rings (SSSR count). The van der Waals surface area contributed by atoms with Crippen molar-refractivity contribution in [2.24, 2.45) is 0 Å². The molecule has 0 aliphatic rings. The smallest absolute Gasteiger partial charge is 0.404 e. The fraction of sp³-hybridized carbons (Fsp3) is 0.400. The number of hydrogen-bond acceptors (Lipinski definition) is 4. The quantitative estimate of drug-likeness (QED) is 0.674. The molecule has 0 bridgehead atoms. The van der Waals surface area contributed by atoms with Crippen LogP contribution in [0.2, 0.25) is 0 Å². The van der Waals surface area contributed by atoms with Gasteiger partial charge in [0.05, 0.1) is 17.6 Å². The van der Waals surface area contributed by atoms with E-state index < -0.39 is 6.09 Å². The molecule has 0 fully saturated rings. The van der Waals surface area contributed by atoms with Crippen LogP contribution in [-0.4, -0.2) is 46.5 Å². The van der Waals surface area contributed by atoms with E-state index in [2.05, 4.69) is 15.6 Å². The number of para-hydroxylation sites is 2. The van der Waals surface area contributed by atoms with Gasteiger partial charge in [-0.3, -0.25) is 0 Å². The molecular weight excluding hydrogens is 300 g/mol. The van der Waals surface area contributed by atoms with Crippen molar-refractivity contribution in [3.63, 3.8) is 0 Å². The molecule has 0 atom stereocenters. The first-order valence-electron chi connectivity index (χ1n) is 7.42. The zero-order valence-electron chi connectivity index (χ0n) is 12.9. The van der Waals surface area contributed by atoms with Gasteiger partial charge >= 0.3 is 12.1 Å². The highest BCUT2D eigenvalue weighted by atomic mass is 16.5. The van der Waals surface area contributed by atoms with Crippen LogP contribution in [0.3, 0.4) is 0 Å². The van der Waals surface area contributed by atoms with Gasteiger partial charge in [-0.2, -0.15) is 0 Å². The van der Waals surface area contributed by atoms with Crippen molar-refractivity contribution in [3.8, 4) is 0 Å². The molecular formula is C15H20N4O4. The van der Waals surface area contributed by atoms with Gasteiger partial charge in [-0.25, -0.2) is 19.1 Å². The van der Waals surface area contributed by atoms with E-state index in [1.165, 1.54) is 4.57 Å². The van der Waals surface area contributed by atoms with Gasteiger partial charge in [0.15, 0.2) is 0 Å². The van der Waals surface area contributed by atoms with Gasteiger partial charge in [-0.15, -0.1) is 0 Å². The second-order valence-corrected chi connectivity index (χ2v) is 4.87. The average molecular weight is 320 g/mol. The van der Waals surface area contributed by atoms with Gasteiger partial charge < -0.3 is 20.5 Å². The third-order valence-corrected chi connectivity index (χ3v) is 3.11. The Hall–Kier alpha value is -2.61. The molecule has 0 unspecified atom stereocenters. The van der Waals surface area contributed by atoms with Crippen LogP contribution in [0.5, 0.6) is 0 Å². The van der Waals surface area contributed by atoms with Gasteiger partial charge in [-0.1, -0.05) is 19.1 Å². The molecule has 2 aromatic rings. The summed E-state index contributed by atoms with van der Waals surface area (Å²) >= 11 is 0. The number of nitrogens with one attached hydrogen (secondary N) is 2. The van der Waals surface area contributed by atoms with Crippen LogP contribution in [-0.2, 0) is 11.3 Å². The Morgan fingerprint density at radius 3 is 2.78 bits per heavy atom. The first kappa shape index (κ1) is 16.8. The van der Waals surface area contributed by atoms with Gasteiger partial charge in [0, 0.05) is 13.1 Å². The molecule has 1 heterocycles. The van der Waals surface area contributed by atoms with Crippen molar-refractivity contribution in [2.45, 2.75) is 20.0 Å². The summed E-state index contributed by atoms with van der Waals surface area (Å²) in [6.45, 7) is 3.05. The lowest BCUT2D eigenvalue weighted by atomic mass is 10.3. The number of imidazole rings is 1. The van der Waals surface area contributed by atoms with Crippen molar-refractivity contribution in [1.82, 2.24) is 20.2 Å².